The number of carbonyl (C=O) groups is 1. The van der Waals surface area contributed by atoms with Crippen LogP contribution in [-0.2, 0) is 16.1 Å². The van der Waals surface area contributed by atoms with Gasteiger partial charge >= 0.3 is 0 Å². The van der Waals surface area contributed by atoms with Gasteiger partial charge in [-0.3, -0.25) is 9.69 Å². The van der Waals surface area contributed by atoms with Gasteiger partial charge in [-0.15, -0.1) is 11.3 Å². The molecule has 2 fully saturated rings. The van der Waals surface area contributed by atoms with Crippen LogP contribution in [0.2, 0.25) is 0 Å². The molecule has 0 saturated carbocycles. The summed E-state index contributed by atoms with van der Waals surface area (Å²) in [7, 11) is 1.70. The highest BCUT2D eigenvalue weighted by Gasteiger charge is 2.46. The SMILES string of the molecule is COCCN1C(=O)CCC12CCN(Cc1csc(C)n1)CC2. The van der Waals surface area contributed by atoms with Gasteiger partial charge in [0.15, 0.2) is 0 Å². The normalized spacial score (nSPS) is 21.9. The highest BCUT2D eigenvalue weighted by atomic mass is 32.1. The molecule has 3 heterocycles. The van der Waals surface area contributed by atoms with Crippen LogP contribution in [0.4, 0.5) is 0 Å². The molecule has 1 spiro atoms. The second kappa shape index (κ2) is 6.64. The number of ether oxygens (including phenoxy) is 1. The van der Waals surface area contributed by atoms with Crippen LogP contribution < -0.4 is 0 Å². The summed E-state index contributed by atoms with van der Waals surface area (Å²) in [5.74, 6) is 0.306. The Morgan fingerprint density at radius 2 is 2.14 bits per heavy atom. The summed E-state index contributed by atoms with van der Waals surface area (Å²) in [5.41, 5.74) is 1.27. The number of aromatic nitrogens is 1. The summed E-state index contributed by atoms with van der Waals surface area (Å²) in [6, 6.07) is 0. The monoisotopic (exact) mass is 323 g/mol. The van der Waals surface area contributed by atoms with Crippen LogP contribution in [0, 0.1) is 6.92 Å². The number of aryl methyl sites for hydroxylation is 1. The average molecular weight is 323 g/mol. The zero-order chi connectivity index (χ0) is 15.6. The minimum atomic E-state index is 0.0874. The number of amides is 1. The summed E-state index contributed by atoms with van der Waals surface area (Å²) in [5, 5.41) is 3.29. The number of rotatable bonds is 5. The molecule has 3 rings (SSSR count). The quantitative estimate of drug-likeness (QED) is 0.832. The zero-order valence-corrected chi connectivity index (χ0v) is 14.3. The van der Waals surface area contributed by atoms with Crippen LogP contribution in [0.25, 0.3) is 0 Å². The largest absolute Gasteiger partial charge is 0.383 e. The van der Waals surface area contributed by atoms with Gasteiger partial charge in [0.2, 0.25) is 5.91 Å². The first-order chi connectivity index (χ1) is 10.6. The van der Waals surface area contributed by atoms with Crippen molar-refractivity contribution in [2.75, 3.05) is 33.4 Å². The number of thiazole rings is 1. The van der Waals surface area contributed by atoms with Gasteiger partial charge in [-0.05, 0) is 26.2 Å². The number of piperidine rings is 1. The van der Waals surface area contributed by atoms with Crippen molar-refractivity contribution < 1.29 is 9.53 Å². The Bertz CT molecular complexity index is 523. The first-order valence-electron chi connectivity index (χ1n) is 8.06. The lowest BCUT2D eigenvalue weighted by atomic mass is 9.85. The van der Waals surface area contributed by atoms with E-state index in [0.29, 0.717) is 18.9 Å². The van der Waals surface area contributed by atoms with E-state index in [1.165, 1.54) is 5.69 Å². The molecule has 0 aliphatic carbocycles. The maximum atomic E-state index is 12.2. The van der Waals surface area contributed by atoms with E-state index in [1.807, 2.05) is 0 Å². The fraction of sp³-hybridized carbons (Fsp3) is 0.750. The third kappa shape index (κ3) is 3.19. The maximum Gasteiger partial charge on any atom is 0.223 e. The summed E-state index contributed by atoms with van der Waals surface area (Å²) in [6.07, 6.45) is 3.87. The Balaban J connectivity index is 1.58. The molecule has 2 saturated heterocycles. The number of hydrogen-bond donors (Lipinski definition) is 0. The topological polar surface area (TPSA) is 45.7 Å². The zero-order valence-electron chi connectivity index (χ0n) is 13.5. The number of hydrogen-bond acceptors (Lipinski definition) is 5. The molecule has 0 bridgehead atoms. The molecule has 0 unspecified atom stereocenters. The van der Waals surface area contributed by atoms with E-state index >= 15 is 0 Å². The highest BCUT2D eigenvalue weighted by Crippen LogP contribution is 2.39. The van der Waals surface area contributed by atoms with E-state index in [-0.39, 0.29) is 5.54 Å². The Morgan fingerprint density at radius 3 is 2.77 bits per heavy atom. The number of likely N-dealkylation sites (tertiary alicyclic amines) is 2. The van der Waals surface area contributed by atoms with Crippen LogP contribution >= 0.6 is 11.3 Å². The van der Waals surface area contributed by atoms with Gasteiger partial charge in [0.25, 0.3) is 0 Å². The maximum absolute atomic E-state index is 12.2. The van der Waals surface area contributed by atoms with E-state index in [1.54, 1.807) is 18.4 Å². The molecule has 2 aliphatic heterocycles. The van der Waals surface area contributed by atoms with Gasteiger partial charge in [0.05, 0.1) is 17.3 Å². The molecule has 122 valence electrons. The molecule has 0 aromatic carbocycles. The summed E-state index contributed by atoms with van der Waals surface area (Å²) >= 11 is 1.72. The summed E-state index contributed by atoms with van der Waals surface area (Å²) in [6.45, 7) is 6.46. The smallest absolute Gasteiger partial charge is 0.223 e. The van der Waals surface area contributed by atoms with Gasteiger partial charge < -0.3 is 9.64 Å². The third-order valence-electron chi connectivity index (χ3n) is 5.04. The highest BCUT2D eigenvalue weighted by molar-refractivity contribution is 7.09. The van der Waals surface area contributed by atoms with E-state index < -0.39 is 0 Å². The predicted octanol–water partition coefficient (Wildman–Crippen LogP) is 2.05. The van der Waals surface area contributed by atoms with Crippen molar-refractivity contribution >= 4 is 17.2 Å². The lowest BCUT2D eigenvalue weighted by Gasteiger charge is -2.45. The van der Waals surface area contributed by atoms with Crippen molar-refractivity contribution in [2.45, 2.75) is 44.7 Å². The number of carbonyl (C=O) groups excluding carboxylic acids is 1. The van der Waals surface area contributed by atoms with Crippen molar-refractivity contribution in [3.8, 4) is 0 Å². The first kappa shape index (κ1) is 15.9. The van der Waals surface area contributed by atoms with Gasteiger partial charge in [0.1, 0.15) is 0 Å². The molecule has 6 heteroatoms. The second-order valence-corrected chi connectivity index (χ2v) is 7.46. The van der Waals surface area contributed by atoms with Crippen molar-refractivity contribution in [3.63, 3.8) is 0 Å². The molecule has 0 atom stereocenters. The van der Waals surface area contributed by atoms with Gasteiger partial charge in [-0.25, -0.2) is 4.98 Å². The molecular formula is C16H25N3O2S. The Labute approximate surface area is 136 Å². The fourth-order valence-electron chi connectivity index (χ4n) is 3.78. The van der Waals surface area contributed by atoms with E-state index in [4.69, 9.17) is 4.74 Å². The number of nitrogens with zero attached hydrogens (tertiary/aromatic N) is 3. The van der Waals surface area contributed by atoms with Gasteiger partial charge in [0, 0.05) is 50.6 Å². The molecule has 22 heavy (non-hydrogen) atoms. The van der Waals surface area contributed by atoms with Crippen molar-refractivity contribution in [3.05, 3.63) is 16.1 Å². The average Bonchev–Trinajstić information content (AvgIpc) is 3.05. The lowest BCUT2D eigenvalue weighted by molar-refractivity contribution is -0.133. The third-order valence-corrected chi connectivity index (χ3v) is 5.86. The minimum absolute atomic E-state index is 0.0874. The second-order valence-electron chi connectivity index (χ2n) is 6.40. The van der Waals surface area contributed by atoms with Crippen molar-refractivity contribution in [1.29, 1.82) is 0 Å². The molecular weight excluding hydrogens is 298 g/mol. The number of methoxy groups -OCH3 is 1. The molecule has 0 radical (unpaired) electrons. The molecule has 1 amide bonds. The van der Waals surface area contributed by atoms with E-state index in [2.05, 4.69) is 27.1 Å². The van der Waals surface area contributed by atoms with Crippen molar-refractivity contribution in [2.24, 2.45) is 0 Å². The summed E-state index contributed by atoms with van der Waals surface area (Å²) < 4.78 is 5.18. The van der Waals surface area contributed by atoms with Crippen LogP contribution in [-0.4, -0.2) is 59.6 Å². The minimum Gasteiger partial charge on any atom is -0.383 e. The molecule has 1 aromatic rings. The molecule has 5 nitrogen and oxygen atoms in total. The van der Waals surface area contributed by atoms with Crippen molar-refractivity contribution in [1.82, 2.24) is 14.8 Å². The Kier molecular flexibility index (Phi) is 4.80. The van der Waals surface area contributed by atoms with Crippen LogP contribution in [0.15, 0.2) is 5.38 Å². The molecule has 2 aliphatic rings. The standard InChI is InChI=1S/C16H25N3O2S/c1-13-17-14(12-22-13)11-18-7-5-16(6-8-18)4-3-15(20)19(16)9-10-21-2/h12H,3-11H2,1-2H3. The van der Waals surface area contributed by atoms with Gasteiger partial charge in [-0.2, -0.15) is 0 Å². The molecule has 1 aromatic heterocycles. The van der Waals surface area contributed by atoms with Crippen LogP contribution in [0.1, 0.15) is 36.4 Å². The first-order valence-corrected chi connectivity index (χ1v) is 8.94. The Morgan fingerprint density at radius 1 is 1.36 bits per heavy atom. The molecule has 0 N–H and O–H groups in total. The summed E-state index contributed by atoms with van der Waals surface area (Å²) in [4.78, 5) is 21.3. The fourth-order valence-corrected chi connectivity index (χ4v) is 4.38. The van der Waals surface area contributed by atoms with Crippen LogP contribution in [0.3, 0.4) is 0 Å². The van der Waals surface area contributed by atoms with E-state index in [9.17, 15) is 4.79 Å². The lowest BCUT2D eigenvalue weighted by Crippen LogP contribution is -2.53. The van der Waals surface area contributed by atoms with Crippen LogP contribution in [0.5, 0.6) is 0 Å². The van der Waals surface area contributed by atoms with E-state index in [0.717, 1.165) is 50.4 Å². The predicted molar refractivity (Wildman–Crippen MR) is 86.9 cm³/mol. The Hall–Kier alpha value is -0.980. The van der Waals surface area contributed by atoms with Gasteiger partial charge in [-0.1, -0.05) is 0 Å².